The molecule has 0 atom stereocenters. The van der Waals surface area contributed by atoms with E-state index in [1.165, 1.54) is 7.11 Å². The highest BCUT2D eigenvalue weighted by Crippen LogP contribution is 2.32. The van der Waals surface area contributed by atoms with Crippen LogP contribution < -0.4 is 25.0 Å². The number of likely N-dealkylation sites (tertiary alicyclic amines) is 1. The molecule has 2 aromatic rings. The lowest BCUT2D eigenvalue weighted by molar-refractivity contribution is 0.0697. The zero-order valence-electron chi connectivity index (χ0n) is 21.8. The Labute approximate surface area is 213 Å². The summed E-state index contributed by atoms with van der Waals surface area (Å²) in [4.78, 5) is 30.7. The third-order valence-corrected chi connectivity index (χ3v) is 7.34. The molecule has 0 saturated carbocycles. The Morgan fingerprint density at radius 1 is 0.833 bits per heavy atom. The van der Waals surface area contributed by atoms with E-state index in [1.807, 2.05) is 23.1 Å². The molecule has 2 heterocycles. The van der Waals surface area contributed by atoms with E-state index in [0.717, 1.165) is 57.5 Å². The molecule has 194 valence electrons. The molecule has 2 N–H and O–H groups in total. The molecule has 36 heavy (non-hydrogen) atoms. The zero-order valence-corrected chi connectivity index (χ0v) is 21.8. The van der Waals surface area contributed by atoms with Crippen LogP contribution in [-0.2, 0) is 0 Å². The molecule has 4 rings (SSSR count). The fourth-order valence-corrected chi connectivity index (χ4v) is 4.88. The third kappa shape index (κ3) is 6.04. The fraction of sp³-hybridized carbons (Fsp3) is 0.500. The van der Waals surface area contributed by atoms with Crippen molar-refractivity contribution in [3.8, 4) is 11.5 Å². The molecule has 0 aliphatic carbocycles. The number of methoxy groups -OCH3 is 2. The number of nitrogens with zero attached hydrogens (tertiary/aromatic N) is 2. The summed E-state index contributed by atoms with van der Waals surface area (Å²) in [5.41, 5.74) is 2.70. The normalized spacial score (nSPS) is 17.0. The second kappa shape index (κ2) is 11.5. The van der Waals surface area contributed by atoms with Crippen LogP contribution in [0.25, 0.3) is 0 Å². The van der Waals surface area contributed by atoms with Gasteiger partial charge in [-0.05, 0) is 67.9 Å². The summed E-state index contributed by atoms with van der Waals surface area (Å²) in [6.45, 7) is 7.93. The van der Waals surface area contributed by atoms with Gasteiger partial charge in [-0.2, -0.15) is 0 Å². The van der Waals surface area contributed by atoms with Crippen molar-refractivity contribution in [2.45, 2.75) is 39.5 Å². The molecular weight excluding hydrogens is 456 g/mol. The molecule has 2 fully saturated rings. The van der Waals surface area contributed by atoms with E-state index < -0.39 is 6.03 Å². The minimum atomic E-state index is -0.414. The average Bonchev–Trinajstić information content (AvgIpc) is 2.89. The number of rotatable bonds is 6. The van der Waals surface area contributed by atoms with Gasteiger partial charge in [0.1, 0.15) is 11.5 Å². The molecule has 0 aromatic heterocycles. The lowest BCUT2D eigenvalue weighted by Gasteiger charge is -2.35. The largest absolute Gasteiger partial charge is 0.497 e. The lowest BCUT2D eigenvalue weighted by atomic mass is 9.96. The first kappa shape index (κ1) is 25.7. The number of piperidine rings is 2. The van der Waals surface area contributed by atoms with E-state index in [9.17, 15) is 9.59 Å². The number of anilines is 3. The van der Waals surface area contributed by atoms with Gasteiger partial charge in [0.05, 0.1) is 25.5 Å². The van der Waals surface area contributed by atoms with Crippen LogP contribution >= 0.6 is 0 Å². The molecule has 0 unspecified atom stereocenters. The molecule has 8 heteroatoms. The number of urea groups is 1. The number of ether oxygens (including phenoxy) is 2. The van der Waals surface area contributed by atoms with Crippen LogP contribution in [0, 0.1) is 11.8 Å². The fourth-order valence-electron chi connectivity index (χ4n) is 4.88. The molecule has 0 bridgehead atoms. The van der Waals surface area contributed by atoms with Crippen molar-refractivity contribution in [2.75, 3.05) is 55.9 Å². The molecule has 2 aromatic carbocycles. The summed E-state index contributed by atoms with van der Waals surface area (Å²) in [5, 5.41) is 5.71. The van der Waals surface area contributed by atoms with Crippen molar-refractivity contribution in [1.29, 1.82) is 0 Å². The molecule has 2 saturated heterocycles. The van der Waals surface area contributed by atoms with Crippen molar-refractivity contribution in [2.24, 2.45) is 11.8 Å². The Hall–Kier alpha value is -3.42. The van der Waals surface area contributed by atoms with E-state index in [1.54, 1.807) is 25.3 Å². The van der Waals surface area contributed by atoms with Crippen LogP contribution in [0.2, 0.25) is 0 Å². The van der Waals surface area contributed by atoms with Gasteiger partial charge >= 0.3 is 6.03 Å². The highest BCUT2D eigenvalue weighted by molar-refractivity contribution is 6.04. The molecule has 8 nitrogen and oxygen atoms in total. The van der Waals surface area contributed by atoms with Crippen LogP contribution in [0.5, 0.6) is 11.5 Å². The summed E-state index contributed by atoms with van der Waals surface area (Å²) < 4.78 is 10.6. The number of hydrogen-bond acceptors (Lipinski definition) is 5. The highest BCUT2D eigenvalue weighted by atomic mass is 16.5. The van der Waals surface area contributed by atoms with Crippen LogP contribution in [0.1, 0.15) is 49.9 Å². The van der Waals surface area contributed by atoms with Crippen molar-refractivity contribution in [3.05, 3.63) is 42.0 Å². The van der Waals surface area contributed by atoms with Gasteiger partial charge in [-0.25, -0.2) is 4.79 Å². The van der Waals surface area contributed by atoms with E-state index in [-0.39, 0.29) is 5.91 Å². The minimum Gasteiger partial charge on any atom is -0.497 e. The van der Waals surface area contributed by atoms with E-state index in [0.29, 0.717) is 40.3 Å². The first-order valence-electron chi connectivity index (χ1n) is 12.9. The van der Waals surface area contributed by atoms with Gasteiger partial charge in [0.2, 0.25) is 0 Å². The van der Waals surface area contributed by atoms with Crippen molar-refractivity contribution in [1.82, 2.24) is 4.90 Å². The Bertz CT molecular complexity index is 1070. The Morgan fingerprint density at radius 3 is 2.14 bits per heavy atom. The summed E-state index contributed by atoms with van der Waals surface area (Å²) in [6.07, 6.45) is 4.26. The predicted octanol–water partition coefficient (Wildman–Crippen LogP) is 5.46. The molecule has 0 spiro atoms. The Balaban J connectivity index is 1.55. The predicted molar refractivity (Wildman–Crippen MR) is 144 cm³/mol. The maximum Gasteiger partial charge on any atom is 0.323 e. The summed E-state index contributed by atoms with van der Waals surface area (Å²) in [5.74, 6) is 2.51. The van der Waals surface area contributed by atoms with Gasteiger partial charge in [-0.1, -0.05) is 13.8 Å². The number of amides is 3. The summed E-state index contributed by atoms with van der Waals surface area (Å²) in [6, 6.07) is 10.4. The van der Waals surface area contributed by atoms with Gasteiger partial charge in [-0.3, -0.25) is 4.79 Å². The van der Waals surface area contributed by atoms with Gasteiger partial charge in [0, 0.05) is 43.6 Å². The summed E-state index contributed by atoms with van der Waals surface area (Å²) in [7, 11) is 3.11. The molecule has 3 amide bonds. The molecule has 0 radical (unpaired) electrons. The zero-order chi connectivity index (χ0) is 25.7. The van der Waals surface area contributed by atoms with Gasteiger partial charge in [0.15, 0.2) is 0 Å². The van der Waals surface area contributed by atoms with Gasteiger partial charge in [-0.15, -0.1) is 0 Å². The van der Waals surface area contributed by atoms with Gasteiger partial charge < -0.3 is 29.9 Å². The van der Waals surface area contributed by atoms with Crippen LogP contribution in [0.3, 0.4) is 0 Å². The van der Waals surface area contributed by atoms with E-state index >= 15 is 0 Å². The number of benzene rings is 2. The standard InChI is InChI=1S/C28H38N4O4/c1-19-9-13-31(14-10-19)25-8-5-21(17-23(25)27(33)32-15-11-20(2)12-16-32)29-28(34)30-24-7-6-22(35-3)18-26(24)36-4/h5-8,17-20H,9-16H2,1-4H3,(H2,29,30,34). The molecular formula is C28H38N4O4. The Morgan fingerprint density at radius 2 is 1.50 bits per heavy atom. The van der Waals surface area contributed by atoms with Crippen LogP contribution in [0.4, 0.5) is 21.9 Å². The lowest BCUT2D eigenvalue weighted by Crippen LogP contribution is -2.40. The molecule has 2 aliphatic heterocycles. The van der Waals surface area contributed by atoms with Crippen molar-refractivity contribution >= 4 is 29.0 Å². The minimum absolute atomic E-state index is 0.0383. The van der Waals surface area contributed by atoms with Gasteiger partial charge in [0.25, 0.3) is 5.91 Å². The van der Waals surface area contributed by atoms with Crippen molar-refractivity contribution < 1.29 is 19.1 Å². The molecule has 2 aliphatic rings. The maximum atomic E-state index is 13.6. The first-order valence-corrected chi connectivity index (χ1v) is 12.9. The average molecular weight is 495 g/mol. The number of carbonyl (C=O) groups excluding carboxylic acids is 2. The topological polar surface area (TPSA) is 83.1 Å². The van der Waals surface area contributed by atoms with E-state index in [4.69, 9.17) is 9.47 Å². The van der Waals surface area contributed by atoms with Crippen molar-refractivity contribution in [3.63, 3.8) is 0 Å². The number of carbonyl (C=O) groups is 2. The second-order valence-corrected chi connectivity index (χ2v) is 10.0. The second-order valence-electron chi connectivity index (χ2n) is 10.0. The number of hydrogen-bond donors (Lipinski definition) is 2. The summed E-state index contributed by atoms with van der Waals surface area (Å²) >= 11 is 0. The number of nitrogens with one attached hydrogen (secondary N) is 2. The Kier molecular flexibility index (Phi) is 8.23. The highest BCUT2D eigenvalue weighted by Gasteiger charge is 2.27. The SMILES string of the molecule is COc1ccc(NC(=O)Nc2ccc(N3CCC(C)CC3)c(C(=O)N3CCC(C)CC3)c2)c(OC)c1. The first-order chi connectivity index (χ1) is 17.4. The van der Waals surface area contributed by atoms with E-state index in [2.05, 4.69) is 29.4 Å². The smallest absolute Gasteiger partial charge is 0.323 e. The maximum absolute atomic E-state index is 13.6. The quantitative estimate of drug-likeness (QED) is 0.558. The van der Waals surface area contributed by atoms with Crippen LogP contribution in [-0.4, -0.2) is 57.2 Å². The van der Waals surface area contributed by atoms with Crippen LogP contribution in [0.15, 0.2) is 36.4 Å². The third-order valence-electron chi connectivity index (χ3n) is 7.34. The monoisotopic (exact) mass is 494 g/mol.